The Labute approximate surface area is 155 Å². The first-order chi connectivity index (χ1) is 13.0. The lowest BCUT2D eigenvalue weighted by Crippen LogP contribution is -2.14. The maximum Gasteiger partial charge on any atom is 0.274 e. The van der Waals surface area contributed by atoms with Gasteiger partial charge in [0.1, 0.15) is 11.5 Å². The first kappa shape index (κ1) is 18.1. The van der Waals surface area contributed by atoms with E-state index >= 15 is 0 Å². The van der Waals surface area contributed by atoms with Crippen molar-refractivity contribution in [2.45, 2.75) is 6.92 Å². The third-order valence-electron chi connectivity index (χ3n) is 3.59. The molecule has 1 heterocycles. The third-order valence-corrected chi connectivity index (χ3v) is 3.59. The summed E-state index contributed by atoms with van der Waals surface area (Å²) in [5.74, 6) is -1.02. The van der Waals surface area contributed by atoms with E-state index in [1.54, 1.807) is 48.5 Å². The monoisotopic (exact) mass is 364 g/mol. The number of benzene rings is 2. The topological polar surface area (TPSA) is 83.1 Å². The Hall–Kier alpha value is -3.74. The summed E-state index contributed by atoms with van der Waals surface area (Å²) in [6.45, 7) is 1.41. The molecule has 0 aliphatic rings. The summed E-state index contributed by atoms with van der Waals surface area (Å²) >= 11 is 0. The molecular formula is C20H17FN4O2. The lowest BCUT2D eigenvalue weighted by atomic mass is 10.2. The smallest absolute Gasteiger partial charge is 0.274 e. The summed E-state index contributed by atoms with van der Waals surface area (Å²) in [5, 5.41) is 8.29. The van der Waals surface area contributed by atoms with Crippen LogP contribution in [0.1, 0.15) is 17.4 Å². The molecule has 27 heavy (non-hydrogen) atoms. The molecule has 3 rings (SSSR count). The first-order valence-corrected chi connectivity index (χ1v) is 8.18. The Morgan fingerprint density at radius 1 is 0.889 bits per heavy atom. The SMILES string of the molecule is CC(=O)Nc1cccc(NC(=O)c2cc(Nc3ccccc3F)ccn2)c1. The predicted octanol–water partition coefficient (Wildman–Crippen LogP) is 4.18. The third kappa shape index (κ3) is 4.88. The van der Waals surface area contributed by atoms with Gasteiger partial charge in [0.2, 0.25) is 5.91 Å². The van der Waals surface area contributed by atoms with Crippen molar-refractivity contribution in [2.75, 3.05) is 16.0 Å². The van der Waals surface area contributed by atoms with Crippen molar-refractivity contribution in [3.63, 3.8) is 0 Å². The summed E-state index contributed by atoms with van der Waals surface area (Å²) in [6, 6.07) is 16.2. The second-order valence-electron chi connectivity index (χ2n) is 5.75. The van der Waals surface area contributed by atoms with Gasteiger partial charge < -0.3 is 16.0 Å². The van der Waals surface area contributed by atoms with E-state index in [2.05, 4.69) is 20.9 Å². The first-order valence-electron chi connectivity index (χ1n) is 8.18. The fraction of sp³-hybridized carbons (Fsp3) is 0.0500. The van der Waals surface area contributed by atoms with Crippen molar-refractivity contribution in [2.24, 2.45) is 0 Å². The number of para-hydroxylation sites is 1. The number of pyridine rings is 1. The number of carbonyl (C=O) groups is 2. The molecule has 0 unspecified atom stereocenters. The largest absolute Gasteiger partial charge is 0.353 e. The van der Waals surface area contributed by atoms with Gasteiger partial charge in [-0.25, -0.2) is 4.39 Å². The molecule has 0 bridgehead atoms. The predicted molar refractivity (Wildman–Crippen MR) is 103 cm³/mol. The van der Waals surface area contributed by atoms with Crippen LogP contribution < -0.4 is 16.0 Å². The number of halogens is 1. The van der Waals surface area contributed by atoms with Gasteiger partial charge in [-0.3, -0.25) is 14.6 Å². The summed E-state index contributed by atoms with van der Waals surface area (Å²) < 4.78 is 13.8. The maximum absolute atomic E-state index is 13.8. The van der Waals surface area contributed by atoms with Crippen molar-refractivity contribution >= 4 is 34.6 Å². The van der Waals surface area contributed by atoms with Crippen LogP contribution in [0, 0.1) is 5.82 Å². The van der Waals surface area contributed by atoms with E-state index in [1.807, 2.05) is 0 Å². The highest BCUT2D eigenvalue weighted by Crippen LogP contribution is 2.20. The zero-order valence-corrected chi connectivity index (χ0v) is 14.5. The van der Waals surface area contributed by atoms with Crippen molar-refractivity contribution in [3.05, 3.63) is 78.4 Å². The lowest BCUT2D eigenvalue weighted by molar-refractivity contribution is -0.114. The van der Waals surface area contributed by atoms with Gasteiger partial charge in [-0.15, -0.1) is 0 Å². The molecule has 136 valence electrons. The van der Waals surface area contributed by atoms with E-state index in [-0.39, 0.29) is 11.6 Å². The zero-order valence-electron chi connectivity index (χ0n) is 14.5. The average molecular weight is 364 g/mol. The number of nitrogens with zero attached hydrogens (tertiary/aromatic N) is 1. The normalized spacial score (nSPS) is 10.1. The number of amides is 2. The quantitative estimate of drug-likeness (QED) is 0.634. The second-order valence-corrected chi connectivity index (χ2v) is 5.75. The molecule has 0 atom stereocenters. The van der Waals surface area contributed by atoms with E-state index < -0.39 is 11.7 Å². The number of carbonyl (C=O) groups excluding carboxylic acids is 2. The van der Waals surface area contributed by atoms with Crippen LogP contribution in [0.5, 0.6) is 0 Å². The highest BCUT2D eigenvalue weighted by atomic mass is 19.1. The minimum atomic E-state index is -0.424. The van der Waals surface area contributed by atoms with Crippen LogP contribution in [0.2, 0.25) is 0 Å². The summed E-state index contributed by atoms with van der Waals surface area (Å²) in [7, 11) is 0. The molecule has 3 N–H and O–H groups in total. The number of anilines is 4. The minimum Gasteiger partial charge on any atom is -0.353 e. The van der Waals surface area contributed by atoms with Gasteiger partial charge in [0, 0.05) is 30.2 Å². The van der Waals surface area contributed by atoms with Crippen LogP contribution in [0.15, 0.2) is 66.9 Å². The zero-order chi connectivity index (χ0) is 19.2. The fourth-order valence-corrected chi connectivity index (χ4v) is 2.42. The Morgan fingerprint density at radius 2 is 1.63 bits per heavy atom. The Bertz CT molecular complexity index is 991. The number of aromatic nitrogens is 1. The van der Waals surface area contributed by atoms with Gasteiger partial charge in [-0.05, 0) is 42.5 Å². The Morgan fingerprint density at radius 3 is 2.37 bits per heavy atom. The molecule has 0 radical (unpaired) electrons. The minimum absolute atomic E-state index is 0.168. The molecule has 0 spiro atoms. The number of nitrogens with one attached hydrogen (secondary N) is 3. The molecule has 2 aromatic carbocycles. The maximum atomic E-state index is 13.8. The molecular weight excluding hydrogens is 347 g/mol. The van der Waals surface area contributed by atoms with Crippen LogP contribution in [0.4, 0.5) is 27.1 Å². The summed E-state index contributed by atoms with van der Waals surface area (Å²) in [6.07, 6.45) is 1.46. The highest BCUT2D eigenvalue weighted by Gasteiger charge is 2.10. The highest BCUT2D eigenvalue weighted by molar-refractivity contribution is 6.03. The van der Waals surface area contributed by atoms with Crippen LogP contribution in [0.25, 0.3) is 0 Å². The summed E-state index contributed by atoms with van der Waals surface area (Å²) in [5.41, 5.74) is 2.09. The molecule has 3 aromatic rings. The standard InChI is InChI=1S/C20H17FN4O2/c1-13(26)23-14-5-4-6-15(11-14)25-20(27)19-12-16(9-10-22-19)24-18-8-3-2-7-17(18)21/h2-12H,1H3,(H,22,24)(H,23,26)(H,25,27). The van der Waals surface area contributed by atoms with E-state index in [0.717, 1.165) is 0 Å². The van der Waals surface area contributed by atoms with Crippen LogP contribution in [-0.4, -0.2) is 16.8 Å². The average Bonchev–Trinajstić information content (AvgIpc) is 2.64. The second kappa shape index (κ2) is 8.09. The molecule has 6 nitrogen and oxygen atoms in total. The van der Waals surface area contributed by atoms with Crippen LogP contribution in [-0.2, 0) is 4.79 Å². The van der Waals surface area contributed by atoms with Gasteiger partial charge in [0.15, 0.2) is 0 Å². The van der Waals surface area contributed by atoms with Gasteiger partial charge in [0.25, 0.3) is 5.91 Å². The Kier molecular flexibility index (Phi) is 5.41. The Balaban J connectivity index is 1.74. The molecule has 0 saturated carbocycles. The number of hydrogen-bond acceptors (Lipinski definition) is 4. The fourth-order valence-electron chi connectivity index (χ4n) is 2.42. The molecule has 7 heteroatoms. The number of rotatable bonds is 5. The van der Waals surface area contributed by atoms with Crippen LogP contribution >= 0.6 is 0 Å². The molecule has 0 aliphatic carbocycles. The van der Waals surface area contributed by atoms with E-state index in [0.29, 0.717) is 22.7 Å². The van der Waals surface area contributed by atoms with Crippen molar-refractivity contribution in [1.29, 1.82) is 0 Å². The van der Waals surface area contributed by atoms with Gasteiger partial charge in [-0.1, -0.05) is 18.2 Å². The lowest BCUT2D eigenvalue weighted by Gasteiger charge is -2.10. The number of hydrogen-bond donors (Lipinski definition) is 3. The van der Waals surface area contributed by atoms with Crippen molar-refractivity contribution < 1.29 is 14.0 Å². The van der Waals surface area contributed by atoms with Crippen LogP contribution in [0.3, 0.4) is 0 Å². The molecule has 0 aliphatic heterocycles. The van der Waals surface area contributed by atoms with E-state index in [9.17, 15) is 14.0 Å². The molecule has 0 saturated heterocycles. The van der Waals surface area contributed by atoms with E-state index in [4.69, 9.17) is 0 Å². The van der Waals surface area contributed by atoms with E-state index in [1.165, 1.54) is 25.3 Å². The van der Waals surface area contributed by atoms with Gasteiger partial charge in [-0.2, -0.15) is 0 Å². The molecule has 0 fully saturated rings. The summed E-state index contributed by atoms with van der Waals surface area (Å²) in [4.78, 5) is 27.6. The van der Waals surface area contributed by atoms with Gasteiger partial charge in [0.05, 0.1) is 5.69 Å². The van der Waals surface area contributed by atoms with Gasteiger partial charge >= 0.3 is 0 Å². The molecule has 1 aromatic heterocycles. The molecule has 2 amide bonds. The van der Waals surface area contributed by atoms with Crippen molar-refractivity contribution in [3.8, 4) is 0 Å². The van der Waals surface area contributed by atoms with Crippen molar-refractivity contribution in [1.82, 2.24) is 4.98 Å².